The number of halogens is 1. The predicted molar refractivity (Wildman–Crippen MR) is 153 cm³/mol. The predicted octanol–water partition coefficient (Wildman–Crippen LogP) is 6.46. The summed E-state index contributed by atoms with van der Waals surface area (Å²) in [6.45, 7) is 4.52. The second kappa shape index (κ2) is 22.1. The molecule has 0 saturated carbocycles. The highest BCUT2D eigenvalue weighted by molar-refractivity contribution is 9.10. The summed E-state index contributed by atoms with van der Waals surface area (Å²) in [5, 5.41) is 3.14. The maximum atomic E-state index is 12.1. The van der Waals surface area contributed by atoms with Crippen molar-refractivity contribution in [2.75, 3.05) is 38.0 Å². The van der Waals surface area contributed by atoms with Crippen molar-refractivity contribution >= 4 is 29.3 Å². The van der Waals surface area contributed by atoms with Crippen LogP contribution in [0.15, 0.2) is 15.5 Å². The molecule has 0 bridgehead atoms. The molecule has 9 nitrogen and oxygen atoms in total. The van der Waals surface area contributed by atoms with Gasteiger partial charge in [-0.05, 0) is 28.8 Å². The van der Waals surface area contributed by atoms with Gasteiger partial charge in [-0.1, -0.05) is 90.4 Å². The van der Waals surface area contributed by atoms with E-state index in [4.69, 9.17) is 19.3 Å². The molecule has 0 aliphatic carbocycles. The van der Waals surface area contributed by atoms with E-state index in [2.05, 4.69) is 33.2 Å². The average molecular weight is 611 g/mol. The van der Waals surface area contributed by atoms with Crippen LogP contribution in [0.3, 0.4) is 0 Å². The molecule has 0 fully saturated rings. The van der Waals surface area contributed by atoms with Crippen LogP contribution in [0.2, 0.25) is 0 Å². The zero-order valence-corrected chi connectivity index (χ0v) is 25.2. The zero-order valence-electron chi connectivity index (χ0n) is 22.7. The molecule has 0 aromatic carbocycles. The van der Waals surface area contributed by atoms with Crippen molar-refractivity contribution in [3.63, 3.8) is 0 Å². The molecule has 1 aromatic heterocycles. The number of nitrogens with one attached hydrogen (secondary N) is 1. The Labute approximate surface area is 231 Å². The van der Waals surface area contributed by atoms with Crippen LogP contribution >= 0.6 is 23.5 Å². The standard InChI is InChI=1S/C26H49BrN3O6P/c1-2-3-4-5-6-7-8-9-10-11-12-13-14-15-19-35-20-16-17-28-25-24(27)22-30(26(31)29-25)18-21-36-23-37(32,33)34/h22H,2-21,23H2,1H3,(H,28,29,31)(H2,32,33,34). The fourth-order valence-electron chi connectivity index (χ4n) is 3.98. The lowest BCUT2D eigenvalue weighted by Gasteiger charge is -2.11. The van der Waals surface area contributed by atoms with Gasteiger partial charge in [0.05, 0.1) is 17.6 Å². The van der Waals surface area contributed by atoms with Crippen molar-refractivity contribution in [1.29, 1.82) is 0 Å². The van der Waals surface area contributed by atoms with Gasteiger partial charge in [-0.15, -0.1) is 0 Å². The SMILES string of the molecule is CCCCCCCCCCCCCCCCOCCCNc1nc(=O)n(CCOCP(=O)(O)O)cc1Br. The third-order valence-electron chi connectivity index (χ3n) is 6.08. The molecule has 0 spiro atoms. The van der Waals surface area contributed by atoms with Crippen LogP contribution in [0.5, 0.6) is 0 Å². The van der Waals surface area contributed by atoms with Gasteiger partial charge >= 0.3 is 13.3 Å². The van der Waals surface area contributed by atoms with Gasteiger partial charge in [0.25, 0.3) is 0 Å². The third kappa shape index (κ3) is 19.9. The van der Waals surface area contributed by atoms with Crippen molar-refractivity contribution < 1.29 is 23.8 Å². The summed E-state index contributed by atoms with van der Waals surface area (Å²) in [5.41, 5.74) is -0.459. The van der Waals surface area contributed by atoms with Crippen molar-refractivity contribution in [2.24, 2.45) is 0 Å². The van der Waals surface area contributed by atoms with E-state index in [-0.39, 0.29) is 13.2 Å². The number of aromatic nitrogens is 2. The zero-order chi connectivity index (χ0) is 27.2. The van der Waals surface area contributed by atoms with Gasteiger partial charge in [-0.2, -0.15) is 4.98 Å². The first-order chi connectivity index (χ1) is 17.8. The van der Waals surface area contributed by atoms with E-state index in [9.17, 15) is 9.36 Å². The Morgan fingerprint density at radius 1 is 0.865 bits per heavy atom. The topological polar surface area (TPSA) is 123 Å². The number of ether oxygens (including phenoxy) is 2. The molecule has 1 heterocycles. The van der Waals surface area contributed by atoms with Gasteiger partial charge in [-0.25, -0.2) is 4.79 Å². The van der Waals surface area contributed by atoms with E-state index in [1.165, 1.54) is 88.0 Å². The lowest BCUT2D eigenvalue weighted by molar-refractivity contribution is 0.129. The molecule has 0 amide bonds. The summed E-state index contributed by atoms with van der Waals surface area (Å²) < 4.78 is 23.4. The normalized spacial score (nSPS) is 11.8. The molecule has 0 aliphatic rings. The number of nitrogens with zero attached hydrogens (tertiary/aromatic N) is 2. The molecule has 0 radical (unpaired) electrons. The van der Waals surface area contributed by atoms with Gasteiger partial charge in [0.1, 0.15) is 12.2 Å². The Hall–Kier alpha value is -0.770. The highest BCUT2D eigenvalue weighted by Crippen LogP contribution is 2.33. The average Bonchev–Trinajstić information content (AvgIpc) is 2.85. The van der Waals surface area contributed by atoms with Gasteiger partial charge in [-0.3, -0.25) is 9.13 Å². The Balaban J connectivity index is 1.96. The summed E-state index contributed by atoms with van der Waals surface area (Å²) in [4.78, 5) is 33.7. The second-order valence-corrected chi connectivity index (χ2v) is 12.0. The summed E-state index contributed by atoms with van der Waals surface area (Å²) in [6.07, 6.45) is 20.6. The van der Waals surface area contributed by atoms with E-state index >= 15 is 0 Å². The van der Waals surface area contributed by atoms with E-state index in [1.54, 1.807) is 6.20 Å². The molecular formula is C26H49BrN3O6P. The largest absolute Gasteiger partial charge is 0.381 e. The summed E-state index contributed by atoms with van der Waals surface area (Å²) in [7, 11) is -4.21. The minimum absolute atomic E-state index is 0.00254. The van der Waals surface area contributed by atoms with Gasteiger partial charge in [0, 0.05) is 26.0 Å². The first kappa shape index (κ1) is 34.3. The minimum Gasteiger partial charge on any atom is -0.381 e. The van der Waals surface area contributed by atoms with E-state index < -0.39 is 19.6 Å². The summed E-state index contributed by atoms with van der Waals surface area (Å²) in [5.74, 6) is 0.462. The molecule has 1 rings (SSSR count). The number of anilines is 1. The number of hydrogen-bond donors (Lipinski definition) is 3. The van der Waals surface area contributed by atoms with Gasteiger partial charge < -0.3 is 24.6 Å². The highest BCUT2D eigenvalue weighted by Gasteiger charge is 2.13. The monoisotopic (exact) mass is 609 g/mol. The third-order valence-corrected chi connectivity index (χ3v) is 7.18. The maximum Gasteiger partial charge on any atom is 0.350 e. The lowest BCUT2D eigenvalue weighted by Crippen LogP contribution is -2.26. The molecule has 37 heavy (non-hydrogen) atoms. The quantitative estimate of drug-likeness (QED) is 0.0852. The Morgan fingerprint density at radius 2 is 1.41 bits per heavy atom. The van der Waals surface area contributed by atoms with E-state index in [0.717, 1.165) is 19.4 Å². The van der Waals surface area contributed by atoms with Crippen LogP contribution in [0.1, 0.15) is 103 Å². The molecule has 0 saturated heterocycles. The minimum atomic E-state index is -4.21. The van der Waals surface area contributed by atoms with Crippen molar-refractivity contribution in [1.82, 2.24) is 9.55 Å². The summed E-state index contributed by atoms with van der Waals surface area (Å²) in [6, 6.07) is 0. The molecule has 3 N–H and O–H groups in total. The number of rotatable bonds is 25. The van der Waals surface area contributed by atoms with Gasteiger partial charge in [0.2, 0.25) is 0 Å². The fraction of sp³-hybridized carbons (Fsp3) is 0.846. The molecule has 216 valence electrons. The fourth-order valence-corrected chi connectivity index (χ4v) is 4.82. The molecule has 0 aliphatic heterocycles. The molecule has 0 unspecified atom stereocenters. The van der Waals surface area contributed by atoms with Crippen LogP contribution in [0, 0.1) is 0 Å². The second-order valence-electron chi connectivity index (χ2n) is 9.60. The van der Waals surface area contributed by atoms with Crippen molar-refractivity contribution in [2.45, 2.75) is 110 Å². The van der Waals surface area contributed by atoms with E-state index in [0.29, 0.717) is 23.4 Å². The lowest BCUT2D eigenvalue weighted by atomic mass is 10.0. The Bertz CT molecular complexity index is 805. The number of unbranched alkanes of at least 4 members (excludes halogenated alkanes) is 13. The first-order valence-electron chi connectivity index (χ1n) is 14.0. The highest BCUT2D eigenvalue weighted by atomic mass is 79.9. The van der Waals surface area contributed by atoms with Crippen LogP contribution in [-0.4, -0.2) is 52.1 Å². The molecular weight excluding hydrogens is 561 g/mol. The van der Waals surface area contributed by atoms with Gasteiger partial charge in [0.15, 0.2) is 0 Å². The molecule has 11 heteroatoms. The summed E-state index contributed by atoms with van der Waals surface area (Å²) >= 11 is 3.40. The van der Waals surface area contributed by atoms with Crippen LogP contribution in [-0.2, 0) is 20.6 Å². The van der Waals surface area contributed by atoms with Crippen molar-refractivity contribution in [3.8, 4) is 0 Å². The van der Waals surface area contributed by atoms with Crippen LogP contribution in [0.4, 0.5) is 5.82 Å². The van der Waals surface area contributed by atoms with Crippen LogP contribution in [0.25, 0.3) is 0 Å². The van der Waals surface area contributed by atoms with Crippen molar-refractivity contribution in [3.05, 3.63) is 21.2 Å². The molecule has 1 aromatic rings. The van der Waals surface area contributed by atoms with E-state index in [1.807, 2.05) is 0 Å². The Kier molecular flexibility index (Phi) is 20.5. The first-order valence-corrected chi connectivity index (χ1v) is 16.6. The maximum absolute atomic E-state index is 12.1. The van der Waals surface area contributed by atoms with Crippen LogP contribution < -0.4 is 11.0 Å². The Morgan fingerprint density at radius 3 is 1.97 bits per heavy atom. The number of hydrogen-bond acceptors (Lipinski definition) is 6. The molecule has 0 atom stereocenters. The smallest absolute Gasteiger partial charge is 0.350 e.